The van der Waals surface area contributed by atoms with Crippen molar-refractivity contribution < 1.29 is 9.53 Å². The summed E-state index contributed by atoms with van der Waals surface area (Å²) in [5.74, 6) is -0.0250. The third-order valence-electron chi connectivity index (χ3n) is 2.84. The Morgan fingerprint density at radius 3 is 3.17 bits per heavy atom. The summed E-state index contributed by atoms with van der Waals surface area (Å²) in [5.41, 5.74) is 0.942. The zero-order valence-electron chi connectivity index (χ0n) is 9.80. The number of hydrogen-bond donors (Lipinski definition) is 0. The van der Waals surface area contributed by atoms with Crippen LogP contribution < -0.4 is 0 Å². The van der Waals surface area contributed by atoms with Crippen LogP contribution in [-0.4, -0.2) is 36.6 Å². The molecule has 0 spiro atoms. The molecule has 2 rings (SSSR count). The van der Waals surface area contributed by atoms with Gasteiger partial charge in [-0.1, -0.05) is 28.1 Å². The number of morpholine rings is 1. The molecule has 1 aromatic carbocycles. The molecule has 4 nitrogen and oxygen atoms in total. The van der Waals surface area contributed by atoms with Gasteiger partial charge in [-0.2, -0.15) is 5.26 Å². The van der Waals surface area contributed by atoms with Gasteiger partial charge in [-0.25, -0.2) is 0 Å². The van der Waals surface area contributed by atoms with Crippen molar-refractivity contribution >= 4 is 21.8 Å². The third-order valence-corrected chi connectivity index (χ3v) is 3.34. The molecule has 1 aliphatic heterocycles. The summed E-state index contributed by atoms with van der Waals surface area (Å²) in [6.45, 7) is 1.30. The van der Waals surface area contributed by atoms with E-state index in [1.54, 1.807) is 4.90 Å². The molecule has 1 unspecified atom stereocenters. The fourth-order valence-corrected chi connectivity index (χ4v) is 2.38. The lowest BCUT2D eigenvalue weighted by Crippen LogP contribution is -2.48. The second-order valence-corrected chi connectivity index (χ2v) is 5.03. The van der Waals surface area contributed by atoms with Gasteiger partial charge in [0.15, 0.2) is 0 Å². The number of amides is 1. The van der Waals surface area contributed by atoms with Crippen LogP contribution in [-0.2, 0) is 16.0 Å². The highest BCUT2D eigenvalue weighted by Crippen LogP contribution is 2.14. The van der Waals surface area contributed by atoms with Gasteiger partial charge in [0.05, 0.1) is 25.7 Å². The van der Waals surface area contributed by atoms with Gasteiger partial charge in [0.2, 0.25) is 5.91 Å². The van der Waals surface area contributed by atoms with E-state index in [4.69, 9.17) is 10.00 Å². The first kappa shape index (κ1) is 13.1. The standard InChI is InChI=1S/C13H13BrN2O2/c14-11-3-1-2-10(6-11)7-13(17)16-4-5-18-9-12(16)8-15/h1-3,6,12H,4-5,7,9H2. The number of ether oxygens (including phenoxy) is 1. The van der Waals surface area contributed by atoms with E-state index in [1.807, 2.05) is 24.3 Å². The quantitative estimate of drug-likeness (QED) is 0.836. The molecule has 18 heavy (non-hydrogen) atoms. The zero-order chi connectivity index (χ0) is 13.0. The summed E-state index contributed by atoms with van der Waals surface area (Å²) in [6, 6.07) is 9.28. The van der Waals surface area contributed by atoms with Crippen molar-refractivity contribution in [3.63, 3.8) is 0 Å². The first-order valence-electron chi connectivity index (χ1n) is 5.72. The maximum absolute atomic E-state index is 12.2. The topological polar surface area (TPSA) is 53.3 Å². The molecule has 0 N–H and O–H groups in total. The molecular formula is C13H13BrN2O2. The minimum atomic E-state index is -0.460. The molecule has 0 saturated carbocycles. The number of nitrogens with zero attached hydrogens (tertiary/aromatic N) is 2. The molecular weight excluding hydrogens is 296 g/mol. The Balaban J connectivity index is 2.05. The lowest BCUT2D eigenvalue weighted by atomic mass is 10.1. The Kier molecular flexibility index (Phi) is 4.34. The number of hydrogen-bond acceptors (Lipinski definition) is 3. The van der Waals surface area contributed by atoms with Crippen LogP contribution in [0.4, 0.5) is 0 Å². The van der Waals surface area contributed by atoms with E-state index in [-0.39, 0.29) is 5.91 Å². The average Bonchev–Trinajstić information content (AvgIpc) is 2.38. The fourth-order valence-electron chi connectivity index (χ4n) is 1.93. The van der Waals surface area contributed by atoms with Crippen LogP contribution in [0.15, 0.2) is 28.7 Å². The smallest absolute Gasteiger partial charge is 0.228 e. The van der Waals surface area contributed by atoms with Gasteiger partial charge in [-0.15, -0.1) is 0 Å². The minimum absolute atomic E-state index is 0.0250. The molecule has 1 amide bonds. The van der Waals surface area contributed by atoms with Crippen molar-refractivity contribution in [1.29, 1.82) is 5.26 Å². The zero-order valence-corrected chi connectivity index (χ0v) is 11.4. The summed E-state index contributed by atoms with van der Waals surface area (Å²) in [7, 11) is 0. The van der Waals surface area contributed by atoms with Crippen LogP contribution in [0.5, 0.6) is 0 Å². The lowest BCUT2D eigenvalue weighted by molar-refractivity contribution is -0.136. The van der Waals surface area contributed by atoms with Crippen molar-refractivity contribution in [3.05, 3.63) is 34.3 Å². The van der Waals surface area contributed by atoms with Gasteiger partial charge >= 0.3 is 0 Å². The molecule has 1 aromatic rings. The number of nitriles is 1. The third kappa shape index (κ3) is 3.09. The summed E-state index contributed by atoms with van der Waals surface area (Å²) >= 11 is 3.38. The maximum Gasteiger partial charge on any atom is 0.228 e. The second-order valence-electron chi connectivity index (χ2n) is 4.11. The van der Waals surface area contributed by atoms with Crippen LogP contribution in [0, 0.1) is 11.3 Å². The largest absolute Gasteiger partial charge is 0.376 e. The van der Waals surface area contributed by atoms with Crippen molar-refractivity contribution in [2.45, 2.75) is 12.5 Å². The highest BCUT2D eigenvalue weighted by Gasteiger charge is 2.26. The van der Waals surface area contributed by atoms with Crippen molar-refractivity contribution in [2.75, 3.05) is 19.8 Å². The molecule has 0 aliphatic carbocycles. The summed E-state index contributed by atoms with van der Waals surface area (Å²) in [5, 5.41) is 8.99. The Morgan fingerprint density at radius 2 is 2.44 bits per heavy atom. The summed E-state index contributed by atoms with van der Waals surface area (Å²) in [6.07, 6.45) is 0.317. The highest BCUT2D eigenvalue weighted by atomic mass is 79.9. The highest BCUT2D eigenvalue weighted by molar-refractivity contribution is 9.10. The van der Waals surface area contributed by atoms with Gasteiger partial charge in [0, 0.05) is 11.0 Å². The molecule has 1 fully saturated rings. The van der Waals surface area contributed by atoms with Crippen LogP contribution in [0.3, 0.4) is 0 Å². The average molecular weight is 309 g/mol. The van der Waals surface area contributed by atoms with E-state index in [1.165, 1.54) is 0 Å². The van der Waals surface area contributed by atoms with Crippen LogP contribution in [0.2, 0.25) is 0 Å². The predicted octanol–water partition coefficient (Wildman–Crippen LogP) is 1.74. The summed E-state index contributed by atoms with van der Waals surface area (Å²) < 4.78 is 6.15. The van der Waals surface area contributed by atoms with E-state index in [0.717, 1.165) is 10.0 Å². The molecule has 5 heteroatoms. The first-order valence-corrected chi connectivity index (χ1v) is 6.51. The Hall–Kier alpha value is -1.38. The van der Waals surface area contributed by atoms with E-state index in [2.05, 4.69) is 22.0 Å². The lowest BCUT2D eigenvalue weighted by Gasteiger charge is -2.31. The minimum Gasteiger partial charge on any atom is -0.376 e. The van der Waals surface area contributed by atoms with Gasteiger partial charge in [-0.3, -0.25) is 4.79 Å². The number of halogens is 1. The van der Waals surface area contributed by atoms with Crippen molar-refractivity contribution in [3.8, 4) is 6.07 Å². The van der Waals surface area contributed by atoms with E-state index in [0.29, 0.717) is 26.2 Å². The van der Waals surface area contributed by atoms with E-state index in [9.17, 15) is 4.79 Å². The van der Waals surface area contributed by atoms with E-state index >= 15 is 0 Å². The maximum atomic E-state index is 12.2. The normalized spacial score (nSPS) is 19.3. The van der Waals surface area contributed by atoms with Crippen LogP contribution in [0.25, 0.3) is 0 Å². The number of carbonyl (C=O) groups excluding carboxylic acids is 1. The molecule has 0 aromatic heterocycles. The number of rotatable bonds is 2. The fraction of sp³-hybridized carbons (Fsp3) is 0.385. The molecule has 1 atom stereocenters. The molecule has 0 radical (unpaired) electrons. The molecule has 1 heterocycles. The van der Waals surface area contributed by atoms with E-state index < -0.39 is 6.04 Å². The van der Waals surface area contributed by atoms with Gasteiger partial charge in [0.1, 0.15) is 6.04 Å². The molecule has 1 aliphatic rings. The number of carbonyl (C=O) groups is 1. The Morgan fingerprint density at radius 1 is 1.61 bits per heavy atom. The SMILES string of the molecule is N#CC1COCCN1C(=O)Cc1cccc(Br)c1. The molecule has 94 valence electrons. The number of benzene rings is 1. The Bertz CT molecular complexity index is 484. The molecule has 1 saturated heterocycles. The summed E-state index contributed by atoms with van der Waals surface area (Å²) in [4.78, 5) is 13.8. The van der Waals surface area contributed by atoms with Crippen LogP contribution in [0.1, 0.15) is 5.56 Å². The Labute approximate surface area is 114 Å². The van der Waals surface area contributed by atoms with Gasteiger partial charge in [-0.05, 0) is 17.7 Å². The van der Waals surface area contributed by atoms with Crippen molar-refractivity contribution in [1.82, 2.24) is 4.90 Å². The second kappa shape index (κ2) is 5.98. The first-order chi connectivity index (χ1) is 8.70. The van der Waals surface area contributed by atoms with Crippen molar-refractivity contribution in [2.24, 2.45) is 0 Å². The predicted molar refractivity (Wildman–Crippen MR) is 69.8 cm³/mol. The van der Waals surface area contributed by atoms with Gasteiger partial charge < -0.3 is 9.64 Å². The molecule has 0 bridgehead atoms. The monoisotopic (exact) mass is 308 g/mol. The van der Waals surface area contributed by atoms with Crippen LogP contribution >= 0.6 is 15.9 Å². The van der Waals surface area contributed by atoms with Gasteiger partial charge in [0.25, 0.3) is 0 Å².